The Hall–Kier alpha value is -0.612. The Balaban J connectivity index is 0.000000245. The Kier molecular flexibility index (Phi) is 8.32. The topological polar surface area (TPSA) is 56.5 Å². The zero-order valence-corrected chi connectivity index (χ0v) is 12.3. The fourth-order valence-corrected chi connectivity index (χ4v) is 0.804. The summed E-state index contributed by atoms with van der Waals surface area (Å²) in [5.41, 5.74) is 0. The fraction of sp³-hybridized carbons (Fsp3) is 0.125. The minimum Gasteiger partial charge on any atom is -0.373 e. The average Bonchev–Trinajstić information content (AvgIpc) is 2.72. The summed E-state index contributed by atoms with van der Waals surface area (Å²) >= 11 is 3.17. The van der Waals surface area contributed by atoms with E-state index in [1.54, 1.807) is 29.5 Å². The van der Waals surface area contributed by atoms with Crippen LogP contribution in [-0.2, 0) is 27.6 Å². The molecule has 0 aliphatic rings. The summed E-state index contributed by atoms with van der Waals surface area (Å²) in [6, 6.07) is 0. The molecule has 0 N–H and O–H groups in total. The zero-order valence-electron chi connectivity index (χ0n) is 7.75. The summed E-state index contributed by atoms with van der Waals surface area (Å²) < 4.78 is 2.53. The Morgan fingerprint density at radius 1 is 1.40 bits per heavy atom. The van der Waals surface area contributed by atoms with E-state index in [2.05, 4.69) is 49.5 Å². The Morgan fingerprint density at radius 3 is 2.33 bits per heavy atom. The van der Waals surface area contributed by atoms with Crippen LogP contribution in [0.2, 0.25) is 0 Å². The maximum atomic E-state index is 3.64. The first-order valence-corrected chi connectivity index (χ1v) is 4.59. The molecule has 0 amide bonds. The van der Waals surface area contributed by atoms with Crippen molar-refractivity contribution in [1.29, 1.82) is 0 Å². The standard InChI is InChI=1S/C4H2BrN2.C4H6N3.W/c5-4-1-6-3-7-2-4;1-2-7-4-3-5-6-7;/h1-2H;3-4H,1-2H2;/q2*-1;+2. The molecule has 2 heterocycles. The van der Waals surface area contributed by atoms with Crippen molar-refractivity contribution in [1.82, 2.24) is 25.0 Å². The molecule has 15 heavy (non-hydrogen) atoms. The van der Waals surface area contributed by atoms with Crippen LogP contribution in [0, 0.1) is 13.3 Å². The molecule has 2 rings (SSSR count). The molecule has 0 radical (unpaired) electrons. The molecule has 0 spiro atoms. The summed E-state index contributed by atoms with van der Waals surface area (Å²) in [6.07, 6.45) is 9.07. The second kappa shape index (κ2) is 8.68. The minimum absolute atomic E-state index is 0. The molecule has 0 atom stereocenters. The molecule has 0 unspecified atom stereocenters. The monoisotopic (exact) mass is 437 g/mol. The van der Waals surface area contributed by atoms with E-state index >= 15 is 0 Å². The molecule has 0 saturated carbocycles. The van der Waals surface area contributed by atoms with Gasteiger partial charge in [0, 0.05) is 12.5 Å². The molecule has 78 valence electrons. The van der Waals surface area contributed by atoms with Crippen molar-refractivity contribution in [3.8, 4) is 0 Å². The van der Waals surface area contributed by atoms with E-state index < -0.39 is 0 Å². The fourth-order valence-electron chi connectivity index (χ4n) is 0.600. The second-order valence-corrected chi connectivity index (χ2v) is 3.08. The van der Waals surface area contributed by atoms with E-state index in [0.717, 1.165) is 4.47 Å². The molecule has 0 saturated heterocycles. The first-order valence-electron chi connectivity index (χ1n) is 3.80. The molecule has 7 heteroatoms. The normalized spacial score (nSPS) is 8.40. The summed E-state index contributed by atoms with van der Waals surface area (Å²) in [4.78, 5) is 7.20. The third kappa shape index (κ3) is 6.47. The first-order chi connectivity index (χ1) is 6.83. The Bertz CT molecular complexity index is 339. The van der Waals surface area contributed by atoms with Gasteiger partial charge in [-0.05, 0) is 0 Å². The van der Waals surface area contributed by atoms with E-state index in [4.69, 9.17) is 0 Å². The van der Waals surface area contributed by atoms with Gasteiger partial charge in [0.2, 0.25) is 0 Å². The third-order valence-corrected chi connectivity index (χ3v) is 1.60. The van der Waals surface area contributed by atoms with Gasteiger partial charge in [-0.15, -0.1) is 5.10 Å². The van der Waals surface area contributed by atoms with Crippen LogP contribution in [0.3, 0.4) is 0 Å². The first kappa shape index (κ1) is 14.4. The van der Waals surface area contributed by atoms with Crippen molar-refractivity contribution in [3.63, 3.8) is 0 Å². The van der Waals surface area contributed by atoms with Gasteiger partial charge in [0.15, 0.2) is 0 Å². The van der Waals surface area contributed by atoms with Crippen LogP contribution < -0.4 is 0 Å². The van der Waals surface area contributed by atoms with E-state index in [1.807, 2.05) is 0 Å². The van der Waals surface area contributed by atoms with Crippen molar-refractivity contribution in [2.24, 2.45) is 0 Å². The molecule has 0 bridgehead atoms. The maximum absolute atomic E-state index is 3.64. The average molecular weight is 438 g/mol. The molecule has 0 aromatic carbocycles. The van der Waals surface area contributed by atoms with E-state index in [9.17, 15) is 0 Å². The van der Waals surface area contributed by atoms with Crippen LogP contribution in [0.5, 0.6) is 0 Å². The predicted molar refractivity (Wildman–Crippen MR) is 53.9 cm³/mol. The third-order valence-electron chi connectivity index (χ3n) is 1.19. The summed E-state index contributed by atoms with van der Waals surface area (Å²) in [7, 11) is 0. The number of nitrogens with zero attached hydrogens (tertiary/aromatic N) is 5. The Labute approximate surface area is 111 Å². The van der Waals surface area contributed by atoms with Crippen LogP contribution in [-0.4, -0.2) is 25.0 Å². The van der Waals surface area contributed by atoms with Crippen LogP contribution in [0.25, 0.3) is 0 Å². The van der Waals surface area contributed by atoms with Gasteiger partial charge in [-0.3, -0.25) is 4.68 Å². The van der Waals surface area contributed by atoms with E-state index in [-0.39, 0.29) is 21.1 Å². The molecule has 2 aromatic heterocycles. The molecular weight excluding hydrogens is 430 g/mol. The number of halogens is 1. The van der Waals surface area contributed by atoms with Crippen LogP contribution in [0.1, 0.15) is 0 Å². The van der Waals surface area contributed by atoms with Crippen molar-refractivity contribution < 1.29 is 21.1 Å². The summed E-state index contributed by atoms with van der Waals surface area (Å²) in [5, 5.41) is 7.20. The van der Waals surface area contributed by atoms with Gasteiger partial charge >= 0.3 is 21.1 Å². The summed E-state index contributed by atoms with van der Waals surface area (Å²) in [6.45, 7) is 4.24. The number of aromatic nitrogens is 5. The Morgan fingerprint density at radius 2 is 2.07 bits per heavy atom. The molecule has 0 aliphatic heterocycles. The predicted octanol–water partition coefficient (Wildman–Crippen LogP) is 1.15. The van der Waals surface area contributed by atoms with Gasteiger partial charge in [0.1, 0.15) is 0 Å². The van der Waals surface area contributed by atoms with Crippen molar-refractivity contribution in [2.45, 2.75) is 6.54 Å². The van der Waals surface area contributed by atoms with Gasteiger partial charge < -0.3 is 16.9 Å². The maximum Gasteiger partial charge on any atom is 2.00 e. The quantitative estimate of drug-likeness (QED) is 0.628. The van der Waals surface area contributed by atoms with Crippen molar-refractivity contribution in [2.75, 3.05) is 0 Å². The zero-order chi connectivity index (χ0) is 10.2. The molecule has 0 fully saturated rings. The van der Waals surface area contributed by atoms with Crippen LogP contribution in [0.15, 0.2) is 29.3 Å². The van der Waals surface area contributed by atoms with Crippen LogP contribution >= 0.6 is 15.9 Å². The van der Waals surface area contributed by atoms with Gasteiger partial charge in [0.05, 0.1) is 6.20 Å². The number of hydrogen-bond donors (Lipinski definition) is 0. The number of rotatable bonds is 1. The van der Waals surface area contributed by atoms with Gasteiger partial charge in [-0.1, -0.05) is 44.6 Å². The molecule has 5 nitrogen and oxygen atoms in total. The molecular formula is C8H8BrN5W. The van der Waals surface area contributed by atoms with E-state index in [1.165, 1.54) is 0 Å². The SMILES string of the molecule is Brc1cn[c-]nc1.[CH2-]Cn1ccnn1.[W+2]. The largest absolute Gasteiger partial charge is 2.00 e. The van der Waals surface area contributed by atoms with Crippen LogP contribution in [0.4, 0.5) is 0 Å². The van der Waals surface area contributed by atoms with Gasteiger partial charge in [0.25, 0.3) is 0 Å². The molecule has 0 aliphatic carbocycles. The van der Waals surface area contributed by atoms with E-state index in [0.29, 0.717) is 6.54 Å². The smallest absolute Gasteiger partial charge is 0.373 e. The second-order valence-electron chi connectivity index (χ2n) is 2.17. The van der Waals surface area contributed by atoms with Crippen molar-refractivity contribution in [3.05, 3.63) is 42.5 Å². The summed E-state index contributed by atoms with van der Waals surface area (Å²) in [5.74, 6) is 0. The van der Waals surface area contributed by atoms with Crippen molar-refractivity contribution >= 4 is 15.9 Å². The minimum atomic E-state index is 0. The van der Waals surface area contributed by atoms with Gasteiger partial charge in [-0.2, -0.15) is 0 Å². The van der Waals surface area contributed by atoms with Gasteiger partial charge in [-0.25, -0.2) is 0 Å². The number of hydrogen-bond acceptors (Lipinski definition) is 4. The molecule has 2 aromatic rings.